The summed E-state index contributed by atoms with van der Waals surface area (Å²) < 4.78 is 54.2. The molecule has 0 saturated carbocycles. The van der Waals surface area contributed by atoms with E-state index in [0.717, 1.165) is 12.1 Å². The molecule has 136 valence electrons. The second kappa shape index (κ2) is 6.46. The van der Waals surface area contributed by atoms with Crippen LogP contribution in [0.5, 0.6) is 0 Å². The van der Waals surface area contributed by atoms with Crippen molar-refractivity contribution >= 4 is 11.0 Å². The van der Waals surface area contributed by atoms with Gasteiger partial charge in [-0.25, -0.2) is 4.98 Å². The molecule has 4 aromatic rings. The third-order valence-corrected chi connectivity index (χ3v) is 4.17. The molecule has 0 radical (unpaired) electrons. The Labute approximate surface area is 151 Å². The standard InChI is InChI=1S/C19H12F4N4/c20-18-13(4-2-6-24-18)11-27-17-8-14(9-25-16(17)10-26-27)12-3-1-5-15(7-12)19(21,22)23/h1-10H,11H2. The van der Waals surface area contributed by atoms with Crippen LogP contribution in [0.15, 0.2) is 61.1 Å². The SMILES string of the molecule is Fc1ncccc1Cn1ncc2ncc(-c3cccc(C(F)(F)F)c3)cc21. The Bertz CT molecular complexity index is 1120. The highest BCUT2D eigenvalue weighted by molar-refractivity contribution is 5.80. The van der Waals surface area contributed by atoms with Crippen molar-refractivity contribution in [3.8, 4) is 11.1 Å². The van der Waals surface area contributed by atoms with Gasteiger partial charge in [0.15, 0.2) is 0 Å². The Hall–Kier alpha value is -3.29. The topological polar surface area (TPSA) is 43.6 Å². The van der Waals surface area contributed by atoms with Crippen LogP contribution in [-0.4, -0.2) is 19.7 Å². The maximum Gasteiger partial charge on any atom is 0.416 e. The van der Waals surface area contributed by atoms with Crippen LogP contribution in [0.1, 0.15) is 11.1 Å². The summed E-state index contributed by atoms with van der Waals surface area (Å²) in [6.45, 7) is 0.136. The van der Waals surface area contributed by atoms with Gasteiger partial charge in [0.2, 0.25) is 5.95 Å². The van der Waals surface area contributed by atoms with E-state index in [0.29, 0.717) is 27.7 Å². The molecule has 1 aromatic carbocycles. The Balaban J connectivity index is 1.76. The van der Waals surface area contributed by atoms with Crippen molar-refractivity contribution in [2.24, 2.45) is 0 Å². The van der Waals surface area contributed by atoms with Crippen LogP contribution in [0.25, 0.3) is 22.2 Å². The quantitative estimate of drug-likeness (QED) is 0.387. The molecule has 0 aliphatic carbocycles. The maximum atomic E-state index is 13.8. The molecule has 0 fully saturated rings. The number of hydrogen-bond donors (Lipinski definition) is 0. The molecule has 4 rings (SSSR count). The molecule has 0 spiro atoms. The van der Waals surface area contributed by atoms with E-state index in [1.165, 1.54) is 24.7 Å². The molecule has 0 amide bonds. The summed E-state index contributed by atoms with van der Waals surface area (Å²) in [5.74, 6) is -0.594. The molecule has 0 aliphatic rings. The molecule has 0 atom stereocenters. The molecular formula is C19H12F4N4. The van der Waals surface area contributed by atoms with Gasteiger partial charge in [-0.15, -0.1) is 0 Å². The van der Waals surface area contributed by atoms with Crippen LogP contribution in [0.2, 0.25) is 0 Å². The van der Waals surface area contributed by atoms with Gasteiger partial charge in [-0.05, 0) is 29.8 Å². The van der Waals surface area contributed by atoms with E-state index in [4.69, 9.17) is 0 Å². The summed E-state index contributed by atoms with van der Waals surface area (Å²) in [6, 6.07) is 9.94. The van der Waals surface area contributed by atoms with Gasteiger partial charge in [0.05, 0.1) is 23.8 Å². The fourth-order valence-electron chi connectivity index (χ4n) is 2.81. The molecule has 0 unspecified atom stereocenters. The molecule has 4 nitrogen and oxygen atoms in total. The first-order chi connectivity index (χ1) is 12.9. The number of aromatic nitrogens is 4. The molecule has 0 bridgehead atoms. The number of pyridine rings is 2. The lowest BCUT2D eigenvalue weighted by Crippen LogP contribution is -2.05. The van der Waals surface area contributed by atoms with Crippen LogP contribution >= 0.6 is 0 Å². The van der Waals surface area contributed by atoms with Crippen molar-refractivity contribution in [2.75, 3.05) is 0 Å². The average molecular weight is 372 g/mol. The van der Waals surface area contributed by atoms with Crippen molar-refractivity contribution in [1.82, 2.24) is 19.7 Å². The largest absolute Gasteiger partial charge is 0.416 e. The zero-order chi connectivity index (χ0) is 19.0. The van der Waals surface area contributed by atoms with Gasteiger partial charge in [0, 0.05) is 23.5 Å². The second-order valence-corrected chi connectivity index (χ2v) is 5.96. The van der Waals surface area contributed by atoms with Crippen LogP contribution < -0.4 is 0 Å². The fraction of sp³-hybridized carbons (Fsp3) is 0.105. The third kappa shape index (κ3) is 3.38. The Morgan fingerprint density at radius 3 is 2.56 bits per heavy atom. The Morgan fingerprint density at radius 1 is 0.926 bits per heavy atom. The molecule has 27 heavy (non-hydrogen) atoms. The summed E-state index contributed by atoms with van der Waals surface area (Å²) in [5.41, 5.74) is 1.68. The summed E-state index contributed by atoms with van der Waals surface area (Å²) in [6.07, 6.45) is -0.0471. The Morgan fingerprint density at radius 2 is 1.78 bits per heavy atom. The third-order valence-electron chi connectivity index (χ3n) is 4.17. The minimum atomic E-state index is -4.42. The summed E-state index contributed by atoms with van der Waals surface area (Å²) in [4.78, 5) is 7.87. The number of fused-ring (bicyclic) bond motifs is 1. The van der Waals surface area contributed by atoms with Crippen LogP contribution in [-0.2, 0) is 12.7 Å². The van der Waals surface area contributed by atoms with E-state index in [1.807, 2.05) is 0 Å². The molecule has 0 aliphatic heterocycles. The van der Waals surface area contributed by atoms with E-state index in [-0.39, 0.29) is 6.54 Å². The van der Waals surface area contributed by atoms with Gasteiger partial charge in [-0.3, -0.25) is 9.67 Å². The smallest absolute Gasteiger partial charge is 0.259 e. The van der Waals surface area contributed by atoms with Crippen molar-refractivity contribution in [1.29, 1.82) is 0 Å². The van der Waals surface area contributed by atoms with Crippen LogP contribution in [0.4, 0.5) is 17.6 Å². The summed E-state index contributed by atoms with van der Waals surface area (Å²) >= 11 is 0. The average Bonchev–Trinajstić information content (AvgIpc) is 3.05. The number of halogens is 4. The van der Waals surface area contributed by atoms with Gasteiger partial charge in [0.25, 0.3) is 0 Å². The second-order valence-electron chi connectivity index (χ2n) is 5.96. The van der Waals surface area contributed by atoms with Crippen LogP contribution in [0.3, 0.4) is 0 Å². The first kappa shape index (κ1) is 17.1. The highest BCUT2D eigenvalue weighted by atomic mass is 19.4. The van der Waals surface area contributed by atoms with Gasteiger partial charge in [-0.2, -0.15) is 22.7 Å². The highest BCUT2D eigenvalue weighted by Crippen LogP contribution is 2.32. The van der Waals surface area contributed by atoms with E-state index >= 15 is 0 Å². The summed E-state index contributed by atoms with van der Waals surface area (Å²) in [5, 5.41) is 4.20. The molecular weight excluding hydrogens is 360 g/mol. The van der Waals surface area contributed by atoms with Crippen LogP contribution in [0, 0.1) is 5.95 Å². The minimum absolute atomic E-state index is 0.136. The molecule has 3 aromatic heterocycles. The zero-order valence-electron chi connectivity index (χ0n) is 13.8. The van der Waals surface area contributed by atoms with E-state index in [1.54, 1.807) is 28.9 Å². The number of hydrogen-bond acceptors (Lipinski definition) is 3. The molecule has 8 heteroatoms. The fourth-order valence-corrected chi connectivity index (χ4v) is 2.81. The monoisotopic (exact) mass is 372 g/mol. The first-order valence-corrected chi connectivity index (χ1v) is 8.00. The molecule has 3 heterocycles. The first-order valence-electron chi connectivity index (χ1n) is 8.00. The van der Waals surface area contributed by atoms with Crippen molar-refractivity contribution < 1.29 is 17.6 Å². The van der Waals surface area contributed by atoms with E-state index < -0.39 is 17.7 Å². The van der Waals surface area contributed by atoms with Gasteiger partial charge < -0.3 is 0 Å². The van der Waals surface area contributed by atoms with Crippen molar-refractivity contribution in [3.63, 3.8) is 0 Å². The molecule has 0 saturated heterocycles. The predicted molar refractivity (Wildman–Crippen MR) is 91.3 cm³/mol. The van der Waals surface area contributed by atoms with Crippen molar-refractivity contribution in [2.45, 2.75) is 12.7 Å². The minimum Gasteiger partial charge on any atom is -0.259 e. The number of alkyl halides is 3. The van der Waals surface area contributed by atoms with E-state index in [2.05, 4.69) is 15.1 Å². The number of rotatable bonds is 3. The van der Waals surface area contributed by atoms with Gasteiger partial charge in [0.1, 0.15) is 5.52 Å². The highest BCUT2D eigenvalue weighted by Gasteiger charge is 2.30. The van der Waals surface area contributed by atoms with Gasteiger partial charge >= 0.3 is 6.18 Å². The lowest BCUT2D eigenvalue weighted by molar-refractivity contribution is -0.137. The van der Waals surface area contributed by atoms with Gasteiger partial charge in [-0.1, -0.05) is 18.2 Å². The lowest BCUT2D eigenvalue weighted by atomic mass is 10.0. The maximum absolute atomic E-state index is 13.8. The molecule has 0 N–H and O–H groups in total. The summed E-state index contributed by atoms with van der Waals surface area (Å²) in [7, 11) is 0. The number of nitrogens with zero attached hydrogens (tertiary/aromatic N) is 4. The number of benzene rings is 1. The Kier molecular flexibility index (Phi) is 4.10. The normalized spacial score (nSPS) is 11.9. The predicted octanol–water partition coefficient (Wildman–Crippen LogP) is 4.70. The zero-order valence-corrected chi connectivity index (χ0v) is 13.8. The van der Waals surface area contributed by atoms with E-state index in [9.17, 15) is 17.6 Å². The lowest BCUT2D eigenvalue weighted by Gasteiger charge is -2.09. The van der Waals surface area contributed by atoms with Crippen molar-refractivity contribution in [3.05, 3.63) is 78.1 Å².